The summed E-state index contributed by atoms with van der Waals surface area (Å²) in [5, 5.41) is 3.78. The summed E-state index contributed by atoms with van der Waals surface area (Å²) in [7, 11) is 0. The molecular weight excluding hydrogens is 264 g/mol. The summed E-state index contributed by atoms with van der Waals surface area (Å²) in [6, 6.07) is 7.39. The molecule has 1 amide bonds. The van der Waals surface area contributed by atoms with Gasteiger partial charge in [0.25, 0.3) is 5.91 Å². The molecule has 2 atom stereocenters. The van der Waals surface area contributed by atoms with Crippen molar-refractivity contribution in [1.29, 1.82) is 0 Å². The van der Waals surface area contributed by atoms with Gasteiger partial charge in [0.1, 0.15) is 5.75 Å². The Balaban J connectivity index is 2.01. The van der Waals surface area contributed by atoms with Crippen molar-refractivity contribution >= 4 is 17.5 Å². The molecule has 0 aliphatic carbocycles. The number of halogens is 1. The highest BCUT2D eigenvalue weighted by molar-refractivity contribution is 6.32. The molecule has 1 aromatic rings. The zero-order chi connectivity index (χ0) is 13.8. The molecule has 2 rings (SSSR count). The van der Waals surface area contributed by atoms with Crippen LogP contribution in [0.2, 0.25) is 5.02 Å². The quantitative estimate of drug-likeness (QED) is 0.921. The lowest BCUT2D eigenvalue weighted by atomic mass is 10.2. The predicted octanol–water partition coefficient (Wildman–Crippen LogP) is 1.93. The van der Waals surface area contributed by atoms with Gasteiger partial charge < -0.3 is 15.0 Å². The average molecular weight is 283 g/mol. The molecule has 1 N–H and O–H groups in total. The zero-order valence-electron chi connectivity index (χ0n) is 11.2. The lowest BCUT2D eigenvalue weighted by molar-refractivity contribution is -0.140. The SMILES string of the molecule is C[C@H](Oc1ccccc1Cl)C(=O)N1CCNC[C@@H]1C. The summed E-state index contributed by atoms with van der Waals surface area (Å²) in [6.45, 7) is 6.17. The predicted molar refractivity (Wildman–Crippen MR) is 75.6 cm³/mol. The Morgan fingerprint density at radius 1 is 1.53 bits per heavy atom. The largest absolute Gasteiger partial charge is 0.479 e. The highest BCUT2D eigenvalue weighted by Crippen LogP contribution is 2.24. The number of carbonyl (C=O) groups is 1. The Hall–Kier alpha value is -1.26. The van der Waals surface area contributed by atoms with Crippen molar-refractivity contribution in [3.63, 3.8) is 0 Å². The molecule has 0 spiro atoms. The molecule has 1 aliphatic rings. The minimum Gasteiger partial charge on any atom is -0.479 e. The molecular formula is C14H19ClN2O2. The third-order valence-corrected chi connectivity index (χ3v) is 3.58. The molecule has 1 aromatic carbocycles. The number of nitrogens with one attached hydrogen (secondary N) is 1. The minimum atomic E-state index is -0.527. The van der Waals surface area contributed by atoms with Crippen LogP contribution >= 0.6 is 11.6 Å². The maximum absolute atomic E-state index is 12.4. The molecule has 104 valence electrons. The maximum Gasteiger partial charge on any atom is 0.263 e. The van der Waals surface area contributed by atoms with Gasteiger partial charge in [-0.1, -0.05) is 23.7 Å². The fraction of sp³-hybridized carbons (Fsp3) is 0.500. The first-order chi connectivity index (χ1) is 9.09. The van der Waals surface area contributed by atoms with Crippen LogP contribution in [-0.2, 0) is 4.79 Å². The second kappa shape index (κ2) is 6.26. The third-order valence-electron chi connectivity index (χ3n) is 3.27. The number of amides is 1. The fourth-order valence-corrected chi connectivity index (χ4v) is 2.36. The van der Waals surface area contributed by atoms with E-state index in [2.05, 4.69) is 5.32 Å². The summed E-state index contributed by atoms with van der Waals surface area (Å²) in [5.41, 5.74) is 0. The highest BCUT2D eigenvalue weighted by Gasteiger charge is 2.28. The van der Waals surface area contributed by atoms with Crippen molar-refractivity contribution in [2.24, 2.45) is 0 Å². The van der Waals surface area contributed by atoms with Crippen LogP contribution in [0.3, 0.4) is 0 Å². The maximum atomic E-state index is 12.4. The average Bonchev–Trinajstić information content (AvgIpc) is 2.41. The van der Waals surface area contributed by atoms with E-state index < -0.39 is 6.10 Å². The zero-order valence-corrected chi connectivity index (χ0v) is 12.0. The number of para-hydroxylation sites is 1. The van der Waals surface area contributed by atoms with E-state index in [0.29, 0.717) is 10.8 Å². The number of rotatable bonds is 3. The second-order valence-corrected chi connectivity index (χ2v) is 5.18. The van der Waals surface area contributed by atoms with E-state index in [-0.39, 0.29) is 11.9 Å². The van der Waals surface area contributed by atoms with Gasteiger partial charge >= 0.3 is 0 Å². The number of benzene rings is 1. The number of carbonyl (C=O) groups excluding carboxylic acids is 1. The first-order valence-electron chi connectivity index (χ1n) is 6.52. The van der Waals surface area contributed by atoms with Gasteiger partial charge in [-0.25, -0.2) is 0 Å². The molecule has 1 heterocycles. The first kappa shape index (κ1) is 14.2. The molecule has 1 fully saturated rings. The van der Waals surface area contributed by atoms with Gasteiger partial charge in [0.15, 0.2) is 6.10 Å². The molecule has 0 unspecified atom stereocenters. The van der Waals surface area contributed by atoms with Crippen molar-refractivity contribution in [3.05, 3.63) is 29.3 Å². The molecule has 1 aliphatic heterocycles. The minimum absolute atomic E-state index is 0.00826. The van der Waals surface area contributed by atoms with Gasteiger partial charge in [-0.2, -0.15) is 0 Å². The highest BCUT2D eigenvalue weighted by atomic mass is 35.5. The van der Waals surface area contributed by atoms with E-state index in [1.807, 2.05) is 24.0 Å². The van der Waals surface area contributed by atoms with Crippen LogP contribution in [0.1, 0.15) is 13.8 Å². The lowest BCUT2D eigenvalue weighted by Gasteiger charge is -2.35. The molecule has 1 saturated heterocycles. The van der Waals surface area contributed by atoms with Gasteiger partial charge in [-0.3, -0.25) is 4.79 Å². The Labute approximate surface area is 118 Å². The van der Waals surface area contributed by atoms with Crippen LogP contribution < -0.4 is 10.1 Å². The lowest BCUT2D eigenvalue weighted by Crippen LogP contribution is -2.55. The molecule has 0 saturated carbocycles. The first-order valence-corrected chi connectivity index (χ1v) is 6.90. The van der Waals surface area contributed by atoms with Crippen LogP contribution in [0, 0.1) is 0 Å². The summed E-state index contributed by atoms with van der Waals surface area (Å²) < 4.78 is 5.66. The standard InChI is InChI=1S/C14H19ClN2O2/c1-10-9-16-7-8-17(10)14(18)11(2)19-13-6-4-3-5-12(13)15/h3-6,10-11,16H,7-9H2,1-2H3/t10-,11-/m0/s1. The van der Waals surface area contributed by atoms with Gasteiger partial charge in [-0.15, -0.1) is 0 Å². The topological polar surface area (TPSA) is 41.6 Å². The van der Waals surface area contributed by atoms with Gasteiger partial charge in [0.2, 0.25) is 0 Å². The number of hydrogen-bond donors (Lipinski definition) is 1. The molecule has 0 aromatic heterocycles. The molecule has 4 nitrogen and oxygen atoms in total. The molecule has 0 radical (unpaired) electrons. The number of hydrogen-bond acceptors (Lipinski definition) is 3. The summed E-state index contributed by atoms with van der Waals surface area (Å²) in [4.78, 5) is 14.2. The van der Waals surface area contributed by atoms with Crippen LogP contribution in [0.15, 0.2) is 24.3 Å². The number of nitrogens with zero attached hydrogens (tertiary/aromatic N) is 1. The smallest absolute Gasteiger partial charge is 0.263 e. The van der Waals surface area contributed by atoms with Crippen molar-refractivity contribution in [3.8, 4) is 5.75 Å². The molecule has 5 heteroatoms. The number of ether oxygens (including phenoxy) is 1. The summed E-state index contributed by atoms with van der Waals surface area (Å²) in [6.07, 6.45) is -0.527. The second-order valence-electron chi connectivity index (χ2n) is 4.78. The number of piperazine rings is 1. The Kier molecular flexibility index (Phi) is 4.66. The Bertz CT molecular complexity index is 453. The van der Waals surface area contributed by atoms with E-state index in [9.17, 15) is 4.79 Å². The van der Waals surface area contributed by atoms with Crippen LogP contribution in [0.25, 0.3) is 0 Å². The van der Waals surface area contributed by atoms with Crippen molar-refractivity contribution in [2.75, 3.05) is 19.6 Å². The monoisotopic (exact) mass is 282 g/mol. The Morgan fingerprint density at radius 2 is 2.26 bits per heavy atom. The van der Waals surface area contributed by atoms with E-state index in [1.165, 1.54) is 0 Å². The Morgan fingerprint density at radius 3 is 2.95 bits per heavy atom. The summed E-state index contributed by atoms with van der Waals surface area (Å²) in [5.74, 6) is 0.557. The van der Waals surface area contributed by atoms with Gasteiger partial charge in [0, 0.05) is 25.7 Å². The van der Waals surface area contributed by atoms with Crippen LogP contribution in [0.4, 0.5) is 0 Å². The van der Waals surface area contributed by atoms with Gasteiger partial charge in [-0.05, 0) is 26.0 Å². The van der Waals surface area contributed by atoms with Crippen molar-refractivity contribution in [1.82, 2.24) is 10.2 Å². The fourth-order valence-electron chi connectivity index (χ4n) is 2.18. The van der Waals surface area contributed by atoms with E-state index >= 15 is 0 Å². The van der Waals surface area contributed by atoms with Crippen molar-refractivity contribution < 1.29 is 9.53 Å². The summed E-state index contributed by atoms with van der Waals surface area (Å²) >= 11 is 6.03. The van der Waals surface area contributed by atoms with Crippen LogP contribution in [0.5, 0.6) is 5.75 Å². The van der Waals surface area contributed by atoms with Crippen molar-refractivity contribution in [2.45, 2.75) is 26.0 Å². The van der Waals surface area contributed by atoms with Crippen LogP contribution in [-0.4, -0.2) is 42.6 Å². The normalized spacial score (nSPS) is 21.0. The third kappa shape index (κ3) is 3.39. The molecule has 19 heavy (non-hydrogen) atoms. The van der Waals surface area contributed by atoms with E-state index in [4.69, 9.17) is 16.3 Å². The van der Waals surface area contributed by atoms with Gasteiger partial charge in [0.05, 0.1) is 5.02 Å². The molecule has 0 bridgehead atoms. The van der Waals surface area contributed by atoms with E-state index in [1.54, 1.807) is 19.1 Å². The van der Waals surface area contributed by atoms with E-state index in [0.717, 1.165) is 19.6 Å².